The van der Waals surface area contributed by atoms with Crippen LogP contribution < -0.4 is 5.32 Å². The highest BCUT2D eigenvalue weighted by Gasteiger charge is 2.18. The first-order valence-corrected chi connectivity index (χ1v) is 5.30. The van der Waals surface area contributed by atoms with Gasteiger partial charge in [0.05, 0.1) is 0 Å². The number of hydrogen-bond donors (Lipinski definition) is 2. The Labute approximate surface area is 95.8 Å². The van der Waals surface area contributed by atoms with E-state index in [4.69, 9.17) is 5.11 Å². The fourth-order valence-electron chi connectivity index (χ4n) is 1.55. The van der Waals surface area contributed by atoms with Crippen molar-refractivity contribution in [1.82, 2.24) is 5.32 Å². The molecule has 86 valence electrons. The molecule has 0 saturated carbocycles. The zero-order chi connectivity index (χ0) is 12.0. The first kappa shape index (κ1) is 12.5. The molecule has 3 nitrogen and oxygen atoms in total. The molecule has 16 heavy (non-hydrogen) atoms. The van der Waals surface area contributed by atoms with Crippen molar-refractivity contribution in [3.8, 4) is 0 Å². The Morgan fingerprint density at radius 3 is 2.62 bits per heavy atom. The highest BCUT2D eigenvalue weighted by Crippen LogP contribution is 2.12. The van der Waals surface area contributed by atoms with Crippen molar-refractivity contribution in [1.29, 1.82) is 0 Å². The van der Waals surface area contributed by atoms with E-state index in [2.05, 4.69) is 11.9 Å². The lowest BCUT2D eigenvalue weighted by Crippen LogP contribution is -2.37. The highest BCUT2D eigenvalue weighted by atomic mass is 16.4. The van der Waals surface area contributed by atoms with Gasteiger partial charge in [0.25, 0.3) is 0 Å². The Morgan fingerprint density at radius 1 is 1.50 bits per heavy atom. The quantitative estimate of drug-likeness (QED) is 0.722. The Balaban J connectivity index is 2.65. The van der Waals surface area contributed by atoms with Gasteiger partial charge in [-0.25, -0.2) is 0 Å². The Kier molecular flexibility index (Phi) is 4.73. The van der Waals surface area contributed by atoms with Crippen LogP contribution in [-0.2, 0) is 4.79 Å². The van der Waals surface area contributed by atoms with E-state index < -0.39 is 12.0 Å². The number of benzene rings is 1. The molecule has 0 saturated heterocycles. The summed E-state index contributed by atoms with van der Waals surface area (Å²) >= 11 is 0. The number of carbonyl (C=O) groups is 1. The van der Waals surface area contributed by atoms with E-state index in [1.54, 1.807) is 6.08 Å². The second-order valence-electron chi connectivity index (χ2n) is 3.71. The van der Waals surface area contributed by atoms with Gasteiger partial charge in [-0.2, -0.15) is 0 Å². The molecule has 0 aliphatic rings. The van der Waals surface area contributed by atoms with E-state index in [-0.39, 0.29) is 6.04 Å². The smallest absolute Gasteiger partial charge is 0.321 e. The van der Waals surface area contributed by atoms with E-state index in [0.717, 1.165) is 5.56 Å². The maximum atomic E-state index is 10.9. The molecule has 0 unspecified atom stereocenters. The van der Waals surface area contributed by atoms with E-state index in [1.165, 1.54) is 0 Å². The van der Waals surface area contributed by atoms with E-state index in [9.17, 15) is 4.79 Å². The minimum Gasteiger partial charge on any atom is -0.480 e. The summed E-state index contributed by atoms with van der Waals surface area (Å²) in [6.07, 6.45) is 2.04. The van der Waals surface area contributed by atoms with Gasteiger partial charge < -0.3 is 5.11 Å². The average molecular weight is 219 g/mol. The average Bonchev–Trinajstić information content (AvgIpc) is 2.29. The van der Waals surface area contributed by atoms with Crippen molar-refractivity contribution in [2.45, 2.75) is 25.4 Å². The van der Waals surface area contributed by atoms with Crippen molar-refractivity contribution in [3.05, 3.63) is 48.6 Å². The van der Waals surface area contributed by atoms with Crippen molar-refractivity contribution in [2.75, 3.05) is 0 Å². The fraction of sp³-hybridized carbons (Fsp3) is 0.308. The number of aliphatic carboxylic acids is 1. The van der Waals surface area contributed by atoms with Crippen LogP contribution in [0, 0.1) is 0 Å². The van der Waals surface area contributed by atoms with Crippen LogP contribution in [0.15, 0.2) is 43.0 Å². The molecule has 0 aliphatic heterocycles. The molecule has 2 N–H and O–H groups in total. The standard InChI is InChI=1S/C13H17NO2/c1-3-7-12(13(15)16)14-10(2)11-8-5-4-6-9-11/h3-6,8-10,12,14H,1,7H2,2H3,(H,15,16)/t10-,12+/m0/s1. The van der Waals surface area contributed by atoms with Gasteiger partial charge in [-0.3, -0.25) is 10.1 Å². The summed E-state index contributed by atoms with van der Waals surface area (Å²) in [5, 5.41) is 12.1. The second-order valence-corrected chi connectivity index (χ2v) is 3.71. The molecule has 2 atom stereocenters. The maximum absolute atomic E-state index is 10.9. The van der Waals surface area contributed by atoms with Gasteiger partial charge in [-0.1, -0.05) is 36.4 Å². The van der Waals surface area contributed by atoms with Crippen LogP contribution >= 0.6 is 0 Å². The van der Waals surface area contributed by atoms with Crippen LogP contribution in [-0.4, -0.2) is 17.1 Å². The molecule has 0 radical (unpaired) electrons. The van der Waals surface area contributed by atoms with E-state index >= 15 is 0 Å². The van der Waals surface area contributed by atoms with Gasteiger partial charge in [0.2, 0.25) is 0 Å². The lowest BCUT2D eigenvalue weighted by atomic mass is 10.1. The molecule has 1 rings (SSSR count). The van der Waals surface area contributed by atoms with Gasteiger partial charge in [-0.15, -0.1) is 6.58 Å². The lowest BCUT2D eigenvalue weighted by Gasteiger charge is -2.19. The zero-order valence-electron chi connectivity index (χ0n) is 9.39. The number of hydrogen-bond acceptors (Lipinski definition) is 2. The normalized spacial score (nSPS) is 14.1. The number of carboxylic acids is 1. The van der Waals surface area contributed by atoms with Crippen LogP contribution in [0.1, 0.15) is 24.9 Å². The predicted octanol–water partition coefficient (Wildman–Crippen LogP) is 2.37. The van der Waals surface area contributed by atoms with Crippen molar-refractivity contribution in [3.63, 3.8) is 0 Å². The van der Waals surface area contributed by atoms with Crippen LogP contribution in [0.25, 0.3) is 0 Å². The summed E-state index contributed by atoms with van der Waals surface area (Å²) in [6, 6.07) is 9.21. The third kappa shape index (κ3) is 3.51. The monoisotopic (exact) mass is 219 g/mol. The van der Waals surface area contributed by atoms with Gasteiger partial charge >= 0.3 is 5.97 Å². The number of carboxylic acid groups (broad SMARTS) is 1. The Bertz CT molecular complexity index is 348. The van der Waals surface area contributed by atoms with Crippen LogP contribution in [0.3, 0.4) is 0 Å². The summed E-state index contributed by atoms with van der Waals surface area (Å²) in [5.74, 6) is -0.845. The number of nitrogens with one attached hydrogen (secondary N) is 1. The topological polar surface area (TPSA) is 49.3 Å². The maximum Gasteiger partial charge on any atom is 0.321 e. The first-order chi connectivity index (χ1) is 7.65. The molecule has 0 spiro atoms. The molecule has 0 fully saturated rings. The molecular formula is C13H17NO2. The first-order valence-electron chi connectivity index (χ1n) is 5.30. The summed E-state index contributed by atoms with van der Waals surface area (Å²) in [7, 11) is 0. The largest absolute Gasteiger partial charge is 0.480 e. The minimum atomic E-state index is -0.845. The Hall–Kier alpha value is -1.61. The highest BCUT2D eigenvalue weighted by molar-refractivity contribution is 5.73. The predicted molar refractivity (Wildman–Crippen MR) is 64.2 cm³/mol. The van der Waals surface area contributed by atoms with E-state index in [1.807, 2.05) is 37.3 Å². The molecular weight excluding hydrogens is 202 g/mol. The summed E-state index contributed by atoms with van der Waals surface area (Å²) in [6.45, 7) is 5.51. The fourth-order valence-corrected chi connectivity index (χ4v) is 1.55. The van der Waals surface area contributed by atoms with Crippen LogP contribution in [0.5, 0.6) is 0 Å². The summed E-state index contributed by atoms with van der Waals surface area (Å²) in [5.41, 5.74) is 1.08. The molecule has 3 heteroatoms. The van der Waals surface area contributed by atoms with Gasteiger partial charge in [-0.05, 0) is 18.9 Å². The molecule has 0 aromatic heterocycles. The van der Waals surface area contributed by atoms with Gasteiger partial charge in [0, 0.05) is 6.04 Å². The molecule has 1 aromatic carbocycles. The molecule has 0 amide bonds. The summed E-state index contributed by atoms with van der Waals surface area (Å²) < 4.78 is 0. The molecule has 0 heterocycles. The molecule has 1 aromatic rings. The molecule has 0 bridgehead atoms. The van der Waals surface area contributed by atoms with Crippen LogP contribution in [0.4, 0.5) is 0 Å². The third-order valence-electron chi connectivity index (χ3n) is 2.45. The number of rotatable bonds is 6. The summed E-state index contributed by atoms with van der Waals surface area (Å²) in [4.78, 5) is 10.9. The molecule has 0 aliphatic carbocycles. The van der Waals surface area contributed by atoms with Gasteiger partial charge in [0.15, 0.2) is 0 Å². The minimum absolute atomic E-state index is 0.0160. The van der Waals surface area contributed by atoms with E-state index in [0.29, 0.717) is 6.42 Å². The third-order valence-corrected chi connectivity index (χ3v) is 2.45. The van der Waals surface area contributed by atoms with Crippen molar-refractivity contribution in [2.24, 2.45) is 0 Å². The Morgan fingerprint density at radius 2 is 2.12 bits per heavy atom. The van der Waals surface area contributed by atoms with Crippen LogP contribution in [0.2, 0.25) is 0 Å². The lowest BCUT2D eigenvalue weighted by molar-refractivity contribution is -0.139. The van der Waals surface area contributed by atoms with Crippen molar-refractivity contribution >= 4 is 5.97 Å². The second kappa shape index (κ2) is 6.08. The SMILES string of the molecule is C=CC[C@@H](N[C@@H](C)c1ccccc1)C(=O)O. The van der Waals surface area contributed by atoms with Gasteiger partial charge in [0.1, 0.15) is 6.04 Å². The zero-order valence-corrected chi connectivity index (χ0v) is 9.39. The van der Waals surface area contributed by atoms with Crippen molar-refractivity contribution < 1.29 is 9.90 Å².